The normalized spacial score (nSPS) is 12.9. The topological polar surface area (TPSA) is 93.1 Å². The summed E-state index contributed by atoms with van der Waals surface area (Å²) in [7, 11) is 1.53. The van der Waals surface area contributed by atoms with Crippen LogP contribution >= 0.6 is 0 Å². The molecule has 2 N–H and O–H groups in total. The second-order valence-corrected chi connectivity index (χ2v) is 6.82. The van der Waals surface area contributed by atoms with Crippen molar-refractivity contribution in [1.82, 2.24) is 5.48 Å². The lowest BCUT2D eigenvalue weighted by Crippen LogP contribution is -2.25. The molecule has 0 aliphatic heterocycles. The van der Waals surface area contributed by atoms with Gasteiger partial charge in [0.2, 0.25) is 5.96 Å². The molecule has 29 heavy (non-hydrogen) atoms. The van der Waals surface area contributed by atoms with Crippen LogP contribution in [0.4, 0.5) is 8.78 Å². The van der Waals surface area contributed by atoms with E-state index in [1.807, 2.05) is 19.3 Å². The van der Waals surface area contributed by atoms with Crippen molar-refractivity contribution in [2.45, 2.75) is 19.3 Å². The SMILES string of the molecule is CN=C(C=NC(=NCC(C)(C)c1ccc(F)cc1)NO)c1ccc(F)c(C#N)c1. The fourth-order valence-corrected chi connectivity index (χ4v) is 2.52. The zero-order valence-corrected chi connectivity index (χ0v) is 16.3. The Bertz CT molecular complexity index is 989. The first kappa shape index (κ1) is 21.9. The molecule has 2 rings (SSSR count). The summed E-state index contributed by atoms with van der Waals surface area (Å²) in [6.07, 6.45) is 1.35. The zero-order chi connectivity index (χ0) is 21.4. The van der Waals surface area contributed by atoms with Crippen LogP contribution in [-0.2, 0) is 5.41 Å². The van der Waals surface area contributed by atoms with Crippen LogP contribution in [0.1, 0.15) is 30.5 Å². The lowest BCUT2D eigenvalue weighted by molar-refractivity contribution is 0.232. The summed E-state index contributed by atoms with van der Waals surface area (Å²) < 4.78 is 26.6. The van der Waals surface area contributed by atoms with Crippen molar-refractivity contribution in [3.63, 3.8) is 0 Å². The van der Waals surface area contributed by atoms with Gasteiger partial charge in [-0.25, -0.2) is 24.2 Å². The van der Waals surface area contributed by atoms with E-state index >= 15 is 0 Å². The third kappa shape index (κ3) is 5.77. The minimum absolute atomic E-state index is 0.0519. The highest BCUT2D eigenvalue weighted by atomic mass is 19.1. The van der Waals surface area contributed by atoms with Crippen LogP contribution < -0.4 is 5.48 Å². The Hall–Kier alpha value is -3.44. The number of halogens is 2. The number of nitrogens with zero attached hydrogens (tertiary/aromatic N) is 4. The summed E-state index contributed by atoms with van der Waals surface area (Å²) in [6.45, 7) is 4.14. The lowest BCUT2D eigenvalue weighted by atomic mass is 9.85. The molecular weight excluding hydrogens is 376 g/mol. The van der Waals surface area contributed by atoms with Crippen LogP contribution in [0.15, 0.2) is 57.4 Å². The van der Waals surface area contributed by atoms with E-state index in [4.69, 9.17) is 5.26 Å². The first-order chi connectivity index (χ1) is 13.8. The lowest BCUT2D eigenvalue weighted by Gasteiger charge is -2.23. The Labute approximate surface area is 167 Å². The summed E-state index contributed by atoms with van der Waals surface area (Å²) in [4.78, 5) is 12.4. The predicted molar refractivity (Wildman–Crippen MR) is 109 cm³/mol. The highest BCUT2D eigenvalue weighted by Gasteiger charge is 2.20. The van der Waals surface area contributed by atoms with Gasteiger partial charge in [-0.3, -0.25) is 10.2 Å². The van der Waals surface area contributed by atoms with Gasteiger partial charge < -0.3 is 0 Å². The van der Waals surface area contributed by atoms with Gasteiger partial charge in [-0.1, -0.05) is 26.0 Å². The first-order valence-corrected chi connectivity index (χ1v) is 8.72. The summed E-state index contributed by atoms with van der Waals surface area (Å²) >= 11 is 0. The maximum absolute atomic E-state index is 13.5. The highest BCUT2D eigenvalue weighted by molar-refractivity contribution is 6.39. The molecule has 0 saturated carbocycles. The van der Waals surface area contributed by atoms with E-state index < -0.39 is 11.2 Å². The maximum atomic E-state index is 13.5. The van der Waals surface area contributed by atoms with Gasteiger partial charge in [-0.15, -0.1) is 0 Å². The number of hydrogen-bond donors (Lipinski definition) is 2. The Kier molecular flexibility index (Phi) is 7.28. The fourth-order valence-electron chi connectivity index (χ4n) is 2.52. The molecule has 6 nitrogen and oxygen atoms in total. The summed E-state index contributed by atoms with van der Waals surface area (Å²) in [5.74, 6) is -0.989. The van der Waals surface area contributed by atoms with E-state index in [9.17, 15) is 14.0 Å². The maximum Gasteiger partial charge on any atom is 0.242 e. The Morgan fingerprint density at radius 1 is 1.21 bits per heavy atom. The molecule has 0 amide bonds. The molecule has 0 unspecified atom stereocenters. The molecule has 8 heteroatoms. The van der Waals surface area contributed by atoms with Crippen molar-refractivity contribution in [2.75, 3.05) is 13.6 Å². The highest BCUT2D eigenvalue weighted by Crippen LogP contribution is 2.23. The van der Waals surface area contributed by atoms with Gasteiger partial charge in [-0.2, -0.15) is 5.26 Å². The molecule has 0 aromatic heterocycles. The van der Waals surface area contributed by atoms with Crippen molar-refractivity contribution < 1.29 is 14.0 Å². The van der Waals surface area contributed by atoms with Gasteiger partial charge in [0.1, 0.15) is 17.7 Å². The van der Waals surface area contributed by atoms with Crippen molar-refractivity contribution in [1.29, 1.82) is 5.26 Å². The molecule has 0 radical (unpaired) electrons. The minimum Gasteiger partial charge on any atom is -0.288 e. The number of nitriles is 1. The van der Waals surface area contributed by atoms with Crippen LogP contribution in [0, 0.1) is 23.0 Å². The molecule has 0 saturated heterocycles. The number of nitrogens with one attached hydrogen (secondary N) is 1. The van der Waals surface area contributed by atoms with Crippen molar-refractivity contribution >= 4 is 17.9 Å². The molecular formula is C21H21F2N5O. The van der Waals surface area contributed by atoms with Gasteiger partial charge in [0.05, 0.1) is 24.0 Å². The van der Waals surface area contributed by atoms with E-state index in [1.165, 1.54) is 43.6 Å². The Morgan fingerprint density at radius 2 is 1.90 bits per heavy atom. The van der Waals surface area contributed by atoms with Crippen LogP contribution in [0.2, 0.25) is 0 Å². The molecule has 2 aromatic rings. The van der Waals surface area contributed by atoms with Gasteiger partial charge in [0, 0.05) is 18.0 Å². The number of rotatable bonds is 5. The second kappa shape index (κ2) is 9.66. The molecule has 2 aromatic carbocycles. The molecule has 0 bridgehead atoms. The van der Waals surface area contributed by atoms with Crippen molar-refractivity contribution in [3.8, 4) is 6.07 Å². The summed E-state index contributed by atoms with van der Waals surface area (Å²) in [5, 5.41) is 18.3. The van der Waals surface area contributed by atoms with Crippen LogP contribution in [0.3, 0.4) is 0 Å². The van der Waals surface area contributed by atoms with Crippen LogP contribution in [-0.4, -0.2) is 36.7 Å². The minimum atomic E-state index is -0.619. The predicted octanol–water partition coefficient (Wildman–Crippen LogP) is 3.64. The Balaban J connectivity index is 2.19. The van der Waals surface area contributed by atoms with Crippen LogP contribution in [0.25, 0.3) is 0 Å². The molecule has 0 aliphatic rings. The van der Waals surface area contributed by atoms with Gasteiger partial charge in [-0.05, 0) is 35.9 Å². The van der Waals surface area contributed by atoms with E-state index in [0.29, 0.717) is 11.3 Å². The molecule has 0 aliphatic carbocycles. The quantitative estimate of drug-likeness (QED) is 0.458. The van der Waals surface area contributed by atoms with E-state index in [0.717, 1.165) is 5.56 Å². The van der Waals surface area contributed by atoms with E-state index in [1.54, 1.807) is 18.2 Å². The Morgan fingerprint density at radius 3 is 2.48 bits per heavy atom. The third-order valence-corrected chi connectivity index (χ3v) is 4.28. The smallest absolute Gasteiger partial charge is 0.242 e. The van der Waals surface area contributed by atoms with E-state index in [2.05, 4.69) is 15.0 Å². The van der Waals surface area contributed by atoms with E-state index in [-0.39, 0.29) is 23.9 Å². The van der Waals surface area contributed by atoms with Crippen LogP contribution in [0.5, 0.6) is 0 Å². The summed E-state index contributed by atoms with van der Waals surface area (Å²) in [5.41, 5.74) is 3.15. The fraction of sp³-hybridized carbons (Fsp3) is 0.238. The number of aliphatic imine (C=N–C) groups is 3. The zero-order valence-electron chi connectivity index (χ0n) is 16.3. The largest absolute Gasteiger partial charge is 0.288 e. The molecule has 0 atom stereocenters. The van der Waals surface area contributed by atoms with Gasteiger partial charge >= 0.3 is 0 Å². The second-order valence-electron chi connectivity index (χ2n) is 6.82. The first-order valence-electron chi connectivity index (χ1n) is 8.72. The monoisotopic (exact) mass is 397 g/mol. The number of benzene rings is 2. The molecule has 150 valence electrons. The van der Waals surface area contributed by atoms with Crippen molar-refractivity contribution in [2.24, 2.45) is 15.0 Å². The molecule has 0 spiro atoms. The third-order valence-electron chi connectivity index (χ3n) is 4.28. The average Bonchev–Trinajstić information content (AvgIpc) is 2.71. The summed E-state index contributed by atoms with van der Waals surface area (Å²) in [6, 6.07) is 11.9. The number of hydrogen-bond acceptors (Lipinski definition) is 4. The van der Waals surface area contributed by atoms with Gasteiger partial charge in [0.25, 0.3) is 0 Å². The average molecular weight is 397 g/mol. The van der Waals surface area contributed by atoms with Crippen molar-refractivity contribution in [3.05, 3.63) is 70.8 Å². The molecule has 0 heterocycles. The van der Waals surface area contributed by atoms with Gasteiger partial charge in [0.15, 0.2) is 0 Å². The standard InChI is InChI=1S/C21H21F2N5O/c1-21(2,16-5-7-17(22)8-6-16)13-27-20(28-29)26-12-19(25-3)14-4-9-18(23)15(10-14)11-24/h4-10,12,29H,13H2,1-3H3,(H,27,28). The number of hydroxylamine groups is 1. The number of guanidine groups is 1. The molecule has 0 fully saturated rings.